The molecule has 0 spiro atoms. The summed E-state index contributed by atoms with van der Waals surface area (Å²) in [5.74, 6) is -2.16. The smallest absolute Gasteiger partial charge is 0.339 e. The predicted molar refractivity (Wildman–Crippen MR) is 105 cm³/mol. The standard InChI is InChI=1S/C20H15ClFNO3S/c21-13-7-8-14(15(22)10-13)19-18(20(25)26)16(11-27-19)23-17(24)9-6-12-4-2-1-3-5-12/h1-5,7-8,10-11H,6,9H2,(H,23,24)(H,25,26). The van der Waals surface area contributed by atoms with Crippen molar-refractivity contribution in [1.82, 2.24) is 0 Å². The van der Waals surface area contributed by atoms with Crippen molar-refractivity contribution in [2.75, 3.05) is 5.32 Å². The van der Waals surface area contributed by atoms with Gasteiger partial charge >= 0.3 is 5.97 Å². The minimum Gasteiger partial charge on any atom is -0.478 e. The number of rotatable bonds is 6. The van der Waals surface area contributed by atoms with Gasteiger partial charge in [-0.15, -0.1) is 11.3 Å². The largest absolute Gasteiger partial charge is 0.478 e. The number of aromatic carboxylic acids is 1. The molecule has 138 valence electrons. The fraction of sp³-hybridized carbons (Fsp3) is 0.100. The van der Waals surface area contributed by atoms with Gasteiger partial charge in [0.05, 0.1) is 10.6 Å². The molecule has 0 atom stereocenters. The number of thiophene rings is 1. The molecule has 0 aliphatic carbocycles. The van der Waals surface area contributed by atoms with Crippen molar-refractivity contribution in [3.63, 3.8) is 0 Å². The second-order valence-corrected chi connectivity index (χ2v) is 7.13. The van der Waals surface area contributed by atoms with E-state index in [0.717, 1.165) is 23.0 Å². The molecule has 0 saturated carbocycles. The molecule has 0 aliphatic heterocycles. The summed E-state index contributed by atoms with van der Waals surface area (Å²) in [5.41, 5.74) is 1.18. The monoisotopic (exact) mass is 403 g/mol. The van der Waals surface area contributed by atoms with Gasteiger partial charge in [-0.3, -0.25) is 4.79 Å². The van der Waals surface area contributed by atoms with Crippen molar-refractivity contribution >= 4 is 40.5 Å². The van der Waals surface area contributed by atoms with E-state index in [0.29, 0.717) is 6.42 Å². The lowest BCUT2D eigenvalue weighted by Gasteiger charge is -2.07. The molecule has 0 aliphatic rings. The van der Waals surface area contributed by atoms with E-state index in [1.165, 1.54) is 17.5 Å². The van der Waals surface area contributed by atoms with Crippen LogP contribution in [0.25, 0.3) is 10.4 Å². The van der Waals surface area contributed by atoms with Crippen LogP contribution in [-0.4, -0.2) is 17.0 Å². The maximum Gasteiger partial charge on any atom is 0.339 e. The first-order valence-electron chi connectivity index (χ1n) is 8.09. The first kappa shape index (κ1) is 19.1. The molecular formula is C20H15ClFNO3S. The Balaban J connectivity index is 1.81. The quantitative estimate of drug-likeness (QED) is 0.573. The molecule has 1 aromatic heterocycles. The van der Waals surface area contributed by atoms with Gasteiger partial charge in [0.1, 0.15) is 11.4 Å². The maximum absolute atomic E-state index is 14.2. The molecule has 3 aromatic rings. The molecule has 1 amide bonds. The number of carbonyl (C=O) groups is 2. The molecule has 0 fully saturated rings. The van der Waals surface area contributed by atoms with Gasteiger partial charge in [-0.1, -0.05) is 41.9 Å². The van der Waals surface area contributed by atoms with Crippen LogP contribution in [0.3, 0.4) is 0 Å². The zero-order valence-corrected chi connectivity index (χ0v) is 15.6. The average molecular weight is 404 g/mol. The van der Waals surface area contributed by atoms with Gasteiger partial charge in [0.2, 0.25) is 5.91 Å². The Bertz CT molecular complexity index is 988. The van der Waals surface area contributed by atoms with Crippen LogP contribution >= 0.6 is 22.9 Å². The normalized spacial score (nSPS) is 10.6. The lowest BCUT2D eigenvalue weighted by Crippen LogP contribution is -2.14. The molecule has 0 bridgehead atoms. The Morgan fingerprint density at radius 1 is 1.15 bits per heavy atom. The molecule has 27 heavy (non-hydrogen) atoms. The molecule has 2 aromatic carbocycles. The van der Waals surface area contributed by atoms with Gasteiger partial charge in [-0.05, 0) is 30.2 Å². The highest BCUT2D eigenvalue weighted by atomic mass is 35.5. The number of hydrogen-bond donors (Lipinski definition) is 2. The lowest BCUT2D eigenvalue weighted by molar-refractivity contribution is -0.116. The maximum atomic E-state index is 14.2. The minimum absolute atomic E-state index is 0.130. The van der Waals surface area contributed by atoms with E-state index < -0.39 is 11.8 Å². The fourth-order valence-corrected chi connectivity index (χ4v) is 3.83. The summed E-state index contributed by atoms with van der Waals surface area (Å²) in [6.45, 7) is 0. The van der Waals surface area contributed by atoms with E-state index >= 15 is 0 Å². The van der Waals surface area contributed by atoms with E-state index in [-0.39, 0.29) is 39.0 Å². The highest BCUT2D eigenvalue weighted by Crippen LogP contribution is 2.38. The summed E-state index contributed by atoms with van der Waals surface area (Å²) in [5, 5.41) is 13.9. The molecule has 3 rings (SSSR count). The Hall–Kier alpha value is -2.70. The number of nitrogens with one attached hydrogen (secondary N) is 1. The van der Waals surface area contributed by atoms with Crippen molar-refractivity contribution < 1.29 is 19.1 Å². The van der Waals surface area contributed by atoms with Crippen LogP contribution in [0.15, 0.2) is 53.9 Å². The minimum atomic E-state index is -1.24. The first-order valence-corrected chi connectivity index (χ1v) is 9.35. The average Bonchev–Trinajstić information content (AvgIpc) is 3.04. The third-order valence-electron chi connectivity index (χ3n) is 3.94. The van der Waals surface area contributed by atoms with Crippen LogP contribution in [0.1, 0.15) is 22.3 Å². The fourth-order valence-electron chi connectivity index (χ4n) is 2.65. The summed E-state index contributed by atoms with van der Waals surface area (Å²) in [7, 11) is 0. The number of carboxylic acids is 1. The zero-order chi connectivity index (χ0) is 19.4. The second kappa shape index (κ2) is 8.33. The van der Waals surface area contributed by atoms with Crippen LogP contribution in [0.5, 0.6) is 0 Å². The van der Waals surface area contributed by atoms with Crippen LogP contribution in [0, 0.1) is 5.82 Å². The molecular weight excluding hydrogens is 389 g/mol. The van der Waals surface area contributed by atoms with Gasteiger partial charge in [0.15, 0.2) is 0 Å². The van der Waals surface area contributed by atoms with Gasteiger partial charge in [0, 0.05) is 22.4 Å². The van der Waals surface area contributed by atoms with E-state index in [4.69, 9.17) is 11.6 Å². The van der Waals surface area contributed by atoms with Crippen LogP contribution in [0.2, 0.25) is 5.02 Å². The molecule has 1 heterocycles. The topological polar surface area (TPSA) is 66.4 Å². The van der Waals surface area contributed by atoms with Crippen molar-refractivity contribution in [3.8, 4) is 10.4 Å². The Labute approximate surface area is 164 Å². The van der Waals surface area contributed by atoms with Crippen LogP contribution < -0.4 is 5.32 Å². The van der Waals surface area contributed by atoms with Crippen molar-refractivity contribution in [1.29, 1.82) is 0 Å². The van der Waals surface area contributed by atoms with E-state index in [2.05, 4.69) is 5.32 Å². The lowest BCUT2D eigenvalue weighted by atomic mass is 10.1. The van der Waals surface area contributed by atoms with Crippen molar-refractivity contribution in [2.45, 2.75) is 12.8 Å². The molecule has 0 saturated heterocycles. The number of anilines is 1. The van der Waals surface area contributed by atoms with Crippen LogP contribution in [0.4, 0.5) is 10.1 Å². The SMILES string of the molecule is O=C(CCc1ccccc1)Nc1csc(-c2ccc(Cl)cc2F)c1C(=O)O. The predicted octanol–water partition coefficient (Wildman–Crippen LogP) is 5.48. The number of amides is 1. The number of aryl methyl sites for hydroxylation is 1. The third kappa shape index (κ3) is 4.53. The van der Waals surface area contributed by atoms with E-state index in [1.54, 1.807) is 0 Å². The first-order chi connectivity index (χ1) is 13.0. The van der Waals surface area contributed by atoms with Gasteiger partial charge in [0.25, 0.3) is 0 Å². The Morgan fingerprint density at radius 2 is 1.89 bits per heavy atom. The van der Waals surface area contributed by atoms with E-state index in [9.17, 15) is 19.1 Å². The summed E-state index contributed by atoms with van der Waals surface area (Å²) in [6.07, 6.45) is 0.751. The Kier molecular flexibility index (Phi) is 5.88. The molecule has 0 unspecified atom stereocenters. The molecule has 2 N–H and O–H groups in total. The van der Waals surface area contributed by atoms with Gasteiger partial charge in [-0.25, -0.2) is 9.18 Å². The highest BCUT2D eigenvalue weighted by Gasteiger charge is 2.23. The number of benzene rings is 2. The summed E-state index contributed by atoms with van der Waals surface area (Å²) >= 11 is 6.81. The summed E-state index contributed by atoms with van der Waals surface area (Å²) in [4.78, 5) is 24.2. The highest BCUT2D eigenvalue weighted by molar-refractivity contribution is 7.14. The van der Waals surface area contributed by atoms with E-state index in [1.807, 2.05) is 30.3 Å². The second-order valence-electron chi connectivity index (χ2n) is 5.82. The Morgan fingerprint density at radius 3 is 2.56 bits per heavy atom. The molecule has 4 nitrogen and oxygen atoms in total. The number of carboxylic acid groups (broad SMARTS) is 1. The van der Waals surface area contributed by atoms with Gasteiger partial charge < -0.3 is 10.4 Å². The number of carbonyl (C=O) groups excluding carboxylic acids is 1. The van der Waals surface area contributed by atoms with Crippen LogP contribution in [-0.2, 0) is 11.2 Å². The zero-order valence-electron chi connectivity index (χ0n) is 14.0. The summed E-state index contributed by atoms with van der Waals surface area (Å²) < 4.78 is 14.2. The third-order valence-corrected chi connectivity index (χ3v) is 5.19. The van der Waals surface area contributed by atoms with Gasteiger partial charge in [-0.2, -0.15) is 0 Å². The molecule has 0 radical (unpaired) electrons. The van der Waals surface area contributed by atoms with Crippen molar-refractivity contribution in [3.05, 3.63) is 75.9 Å². The number of hydrogen-bond acceptors (Lipinski definition) is 3. The summed E-state index contributed by atoms with van der Waals surface area (Å²) in [6, 6.07) is 13.6. The number of halogens is 2. The molecule has 7 heteroatoms. The van der Waals surface area contributed by atoms with Crippen molar-refractivity contribution in [2.24, 2.45) is 0 Å².